The molecule has 0 radical (unpaired) electrons. The second kappa shape index (κ2) is 9.46. The average molecular weight is 410 g/mol. The number of carbonyl (C=O) groups is 1. The number of hydrazone groups is 1. The molecular weight excluding hydrogens is 391 g/mol. The van der Waals surface area contributed by atoms with Crippen LogP contribution < -0.4 is 19.6 Å². The van der Waals surface area contributed by atoms with E-state index >= 15 is 0 Å². The van der Waals surface area contributed by atoms with Crippen LogP contribution in [0, 0.1) is 5.82 Å². The van der Waals surface area contributed by atoms with Gasteiger partial charge in [-0.3, -0.25) is 9.78 Å². The van der Waals surface area contributed by atoms with Crippen LogP contribution in [0.2, 0.25) is 0 Å². The number of carbonyl (C=O) groups excluding carboxylic acids is 1. The fourth-order valence-corrected chi connectivity index (χ4v) is 2.56. The highest BCUT2D eigenvalue weighted by atomic mass is 19.1. The van der Waals surface area contributed by atoms with E-state index in [1.807, 2.05) is 0 Å². The van der Waals surface area contributed by atoms with Crippen molar-refractivity contribution in [2.45, 2.75) is 0 Å². The molecule has 0 saturated carbocycles. The lowest BCUT2D eigenvalue weighted by Crippen LogP contribution is -2.19. The summed E-state index contributed by atoms with van der Waals surface area (Å²) in [6.45, 7) is 0. The molecule has 2 aromatic carbocycles. The molecule has 0 spiro atoms. The van der Waals surface area contributed by atoms with Gasteiger partial charge in [-0.1, -0.05) is 0 Å². The van der Waals surface area contributed by atoms with E-state index in [0.717, 1.165) is 0 Å². The SMILES string of the molecule is COc1cc(C=NNC(=O)c2cncc(-c3ccc(OC)cc3F)n2)cc(OC)c1. The minimum Gasteiger partial charge on any atom is -0.497 e. The van der Waals surface area contributed by atoms with Gasteiger partial charge in [0.1, 0.15) is 28.8 Å². The van der Waals surface area contributed by atoms with Crippen LogP contribution in [0.25, 0.3) is 11.3 Å². The van der Waals surface area contributed by atoms with Gasteiger partial charge in [0, 0.05) is 23.3 Å². The fraction of sp³-hybridized carbons (Fsp3) is 0.143. The molecular formula is C21H19FN4O4. The number of methoxy groups -OCH3 is 3. The number of rotatable bonds is 7. The molecule has 0 aliphatic heterocycles. The minimum atomic E-state index is -0.593. The van der Waals surface area contributed by atoms with Crippen LogP contribution in [0.5, 0.6) is 17.2 Å². The maximum absolute atomic E-state index is 14.3. The van der Waals surface area contributed by atoms with Crippen LogP contribution in [-0.2, 0) is 0 Å². The molecule has 1 heterocycles. The Morgan fingerprint density at radius 2 is 1.70 bits per heavy atom. The molecule has 0 aliphatic carbocycles. The predicted molar refractivity (Wildman–Crippen MR) is 109 cm³/mol. The first-order chi connectivity index (χ1) is 14.5. The molecule has 0 atom stereocenters. The van der Waals surface area contributed by atoms with Crippen LogP contribution in [0.3, 0.4) is 0 Å². The second-order valence-corrected chi connectivity index (χ2v) is 5.98. The van der Waals surface area contributed by atoms with Crippen molar-refractivity contribution in [3.8, 4) is 28.5 Å². The van der Waals surface area contributed by atoms with Crippen LogP contribution in [0.1, 0.15) is 16.1 Å². The maximum Gasteiger partial charge on any atom is 0.291 e. The highest BCUT2D eigenvalue weighted by Gasteiger charge is 2.12. The molecule has 30 heavy (non-hydrogen) atoms. The number of hydrogen-bond donors (Lipinski definition) is 1. The van der Waals surface area contributed by atoms with Crippen LogP contribution >= 0.6 is 0 Å². The molecule has 0 fully saturated rings. The van der Waals surface area contributed by atoms with E-state index in [0.29, 0.717) is 22.8 Å². The zero-order valence-corrected chi connectivity index (χ0v) is 16.5. The molecule has 1 aromatic heterocycles. The predicted octanol–water partition coefficient (Wildman–Crippen LogP) is 3.07. The molecule has 0 aliphatic rings. The van der Waals surface area contributed by atoms with Gasteiger partial charge in [0.05, 0.1) is 45.6 Å². The monoisotopic (exact) mass is 410 g/mol. The summed E-state index contributed by atoms with van der Waals surface area (Å²) in [5, 5.41) is 3.92. The topological polar surface area (TPSA) is 94.9 Å². The average Bonchev–Trinajstić information content (AvgIpc) is 2.78. The third kappa shape index (κ3) is 4.88. The third-order valence-corrected chi connectivity index (χ3v) is 4.07. The summed E-state index contributed by atoms with van der Waals surface area (Å²) < 4.78 is 29.6. The van der Waals surface area contributed by atoms with Crippen molar-refractivity contribution in [1.29, 1.82) is 0 Å². The van der Waals surface area contributed by atoms with E-state index in [1.54, 1.807) is 24.3 Å². The first kappa shape index (κ1) is 20.7. The van der Waals surface area contributed by atoms with E-state index in [1.165, 1.54) is 52.1 Å². The van der Waals surface area contributed by atoms with Crippen LogP contribution in [0.4, 0.5) is 4.39 Å². The summed E-state index contributed by atoms with van der Waals surface area (Å²) in [5.74, 6) is 0.418. The molecule has 8 nitrogen and oxygen atoms in total. The fourth-order valence-electron chi connectivity index (χ4n) is 2.56. The first-order valence-electron chi connectivity index (χ1n) is 8.76. The quantitative estimate of drug-likeness (QED) is 0.475. The van der Waals surface area contributed by atoms with Crippen molar-refractivity contribution in [2.75, 3.05) is 21.3 Å². The summed E-state index contributed by atoms with van der Waals surface area (Å²) in [4.78, 5) is 20.5. The lowest BCUT2D eigenvalue weighted by molar-refractivity contribution is 0.0950. The van der Waals surface area contributed by atoms with Crippen molar-refractivity contribution >= 4 is 12.1 Å². The largest absolute Gasteiger partial charge is 0.497 e. The van der Waals surface area contributed by atoms with E-state index in [2.05, 4.69) is 20.5 Å². The molecule has 3 aromatic rings. The van der Waals surface area contributed by atoms with Crippen molar-refractivity contribution in [3.63, 3.8) is 0 Å². The van der Waals surface area contributed by atoms with Crippen molar-refractivity contribution in [2.24, 2.45) is 5.10 Å². The summed E-state index contributed by atoms with van der Waals surface area (Å²) in [7, 11) is 4.52. The second-order valence-electron chi connectivity index (χ2n) is 5.98. The molecule has 9 heteroatoms. The van der Waals surface area contributed by atoms with E-state index in [9.17, 15) is 9.18 Å². The standard InChI is InChI=1S/C21H19FN4O4/c1-28-14-4-5-17(18(22)9-14)19-11-23-12-20(25-19)21(27)26-24-10-13-6-15(29-2)8-16(7-13)30-3/h4-12H,1-3H3,(H,26,27). The van der Waals surface area contributed by atoms with Gasteiger partial charge in [-0.25, -0.2) is 14.8 Å². The molecule has 1 amide bonds. The number of ether oxygens (including phenoxy) is 3. The Labute approximate surface area is 172 Å². The van der Waals surface area contributed by atoms with E-state index < -0.39 is 11.7 Å². The number of amides is 1. The maximum atomic E-state index is 14.3. The lowest BCUT2D eigenvalue weighted by atomic mass is 10.1. The summed E-state index contributed by atoms with van der Waals surface area (Å²) >= 11 is 0. The lowest BCUT2D eigenvalue weighted by Gasteiger charge is -2.07. The van der Waals surface area contributed by atoms with Crippen LogP contribution in [-0.4, -0.2) is 43.4 Å². The van der Waals surface area contributed by atoms with Gasteiger partial charge in [-0.15, -0.1) is 0 Å². The number of halogens is 1. The summed E-state index contributed by atoms with van der Waals surface area (Å²) in [5.41, 5.74) is 3.43. The van der Waals surface area contributed by atoms with Crippen LogP contribution in [0.15, 0.2) is 53.9 Å². The Kier molecular flexibility index (Phi) is 6.53. The minimum absolute atomic E-state index is 0.0110. The number of benzene rings is 2. The Balaban J connectivity index is 1.75. The Morgan fingerprint density at radius 3 is 2.33 bits per heavy atom. The van der Waals surface area contributed by atoms with E-state index in [-0.39, 0.29) is 17.0 Å². The van der Waals surface area contributed by atoms with Crippen molar-refractivity contribution < 1.29 is 23.4 Å². The van der Waals surface area contributed by atoms with Gasteiger partial charge in [0.2, 0.25) is 0 Å². The van der Waals surface area contributed by atoms with E-state index in [4.69, 9.17) is 14.2 Å². The highest BCUT2D eigenvalue weighted by Crippen LogP contribution is 2.24. The van der Waals surface area contributed by atoms with Gasteiger partial charge >= 0.3 is 0 Å². The normalized spacial score (nSPS) is 10.7. The molecule has 0 bridgehead atoms. The molecule has 3 rings (SSSR count). The number of nitrogens with one attached hydrogen (secondary N) is 1. The smallest absolute Gasteiger partial charge is 0.291 e. The summed E-state index contributed by atoms with van der Waals surface area (Å²) in [6.07, 6.45) is 4.07. The Morgan fingerprint density at radius 1 is 1.00 bits per heavy atom. The molecule has 0 saturated heterocycles. The first-order valence-corrected chi connectivity index (χ1v) is 8.76. The molecule has 0 unspecified atom stereocenters. The van der Waals surface area contributed by atoms with Crippen molar-refractivity contribution in [3.05, 3.63) is 65.9 Å². The Bertz CT molecular complexity index is 1070. The zero-order chi connectivity index (χ0) is 21.5. The summed E-state index contributed by atoms with van der Waals surface area (Å²) in [6, 6.07) is 9.51. The van der Waals surface area contributed by atoms with Gasteiger partial charge in [0.25, 0.3) is 5.91 Å². The Hall–Kier alpha value is -4.01. The van der Waals surface area contributed by atoms with Gasteiger partial charge in [-0.05, 0) is 24.3 Å². The number of aromatic nitrogens is 2. The molecule has 154 valence electrons. The number of nitrogens with zero attached hydrogens (tertiary/aromatic N) is 3. The highest BCUT2D eigenvalue weighted by molar-refractivity contribution is 5.93. The van der Waals surface area contributed by atoms with Gasteiger partial charge in [0.15, 0.2) is 0 Å². The third-order valence-electron chi connectivity index (χ3n) is 4.07. The number of hydrogen-bond acceptors (Lipinski definition) is 7. The van der Waals surface area contributed by atoms with Gasteiger partial charge < -0.3 is 14.2 Å². The molecule has 1 N–H and O–H groups in total. The van der Waals surface area contributed by atoms with Crippen molar-refractivity contribution in [1.82, 2.24) is 15.4 Å². The van der Waals surface area contributed by atoms with Gasteiger partial charge in [-0.2, -0.15) is 5.10 Å². The zero-order valence-electron chi connectivity index (χ0n) is 16.5.